The number of hydrogen-bond donors (Lipinski definition) is 0. The molecule has 0 radical (unpaired) electrons. The molecule has 4 heteroatoms. The van der Waals surface area contributed by atoms with Crippen LogP contribution < -0.4 is 15.6 Å². The molecular formula is C53H32N2OSi. The first kappa shape index (κ1) is 32.8. The molecule has 0 unspecified atom stereocenters. The third kappa shape index (κ3) is 4.99. The molecule has 0 bridgehead atoms. The molecule has 0 aliphatic carbocycles. The van der Waals surface area contributed by atoms with Gasteiger partial charge in [-0.2, -0.15) is 5.26 Å². The largest absolute Gasteiger partial charge is 0.456 e. The fraction of sp³-hybridized carbons (Fsp3) is 0. The summed E-state index contributed by atoms with van der Waals surface area (Å²) in [4.78, 5) is 0. The van der Waals surface area contributed by atoms with Crippen LogP contribution in [0.4, 0.5) is 0 Å². The Balaban J connectivity index is 1.24. The van der Waals surface area contributed by atoms with Gasteiger partial charge in [-0.3, -0.25) is 0 Å². The molecule has 2 heterocycles. The van der Waals surface area contributed by atoms with E-state index in [-0.39, 0.29) is 0 Å². The number of fused-ring (bicyclic) bond motifs is 8. The van der Waals surface area contributed by atoms with Crippen LogP contribution in [0.1, 0.15) is 11.1 Å². The van der Waals surface area contributed by atoms with Crippen molar-refractivity contribution < 1.29 is 4.42 Å². The van der Waals surface area contributed by atoms with Crippen molar-refractivity contribution in [3.05, 3.63) is 205 Å². The fourth-order valence-electron chi connectivity index (χ4n) is 8.97. The van der Waals surface area contributed by atoms with Crippen molar-refractivity contribution in [1.29, 1.82) is 5.26 Å². The van der Waals surface area contributed by atoms with E-state index in [2.05, 4.69) is 192 Å². The number of hydrogen-bond acceptors (Lipinski definition) is 2. The maximum atomic E-state index is 9.84. The van der Waals surface area contributed by atoms with E-state index in [9.17, 15) is 5.26 Å². The lowest BCUT2D eigenvalue weighted by Gasteiger charge is -2.28. The number of nitrogens with zero attached hydrogens (tertiary/aromatic N) is 2. The Bertz CT molecular complexity index is 3390. The molecule has 0 saturated carbocycles. The molecule has 0 aliphatic rings. The summed E-state index contributed by atoms with van der Waals surface area (Å²) in [5.74, 6) is 3.95. The molecule has 0 spiro atoms. The van der Waals surface area contributed by atoms with E-state index in [4.69, 9.17) is 4.42 Å². The summed E-state index contributed by atoms with van der Waals surface area (Å²) >= 11 is 0. The van der Waals surface area contributed by atoms with Crippen molar-refractivity contribution in [1.82, 2.24) is 4.57 Å². The minimum Gasteiger partial charge on any atom is -0.456 e. The minimum atomic E-state index is -3.04. The normalized spacial score (nSPS) is 11.7. The Morgan fingerprint density at radius 3 is 1.63 bits per heavy atom. The number of aromatic nitrogens is 1. The number of benzene rings is 9. The van der Waals surface area contributed by atoms with Crippen LogP contribution >= 0.6 is 0 Å². The van der Waals surface area contributed by atoms with Crippen molar-refractivity contribution in [3.63, 3.8) is 0 Å². The highest BCUT2D eigenvalue weighted by molar-refractivity contribution is 7.17. The van der Waals surface area contributed by atoms with Gasteiger partial charge in [0, 0.05) is 48.7 Å². The van der Waals surface area contributed by atoms with Crippen LogP contribution in [-0.4, -0.2) is 12.6 Å². The van der Waals surface area contributed by atoms with Crippen LogP contribution in [0.25, 0.3) is 71.0 Å². The summed E-state index contributed by atoms with van der Waals surface area (Å²) in [6.07, 6.45) is 0. The van der Waals surface area contributed by atoms with Gasteiger partial charge < -0.3 is 8.98 Å². The van der Waals surface area contributed by atoms with E-state index in [1.165, 1.54) is 15.6 Å². The predicted octanol–water partition coefficient (Wildman–Crippen LogP) is 10.9. The van der Waals surface area contributed by atoms with E-state index in [0.29, 0.717) is 5.56 Å². The van der Waals surface area contributed by atoms with Crippen LogP contribution in [0, 0.1) is 22.8 Å². The third-order valence-corrected chi connectivity index (χ3v) is 15.6. The highest BCUT2D eigenvalue weighted by Gasteiger charge is 2.39. The van der Waals surface area contributed by atoms with E-state index in [1.54, 1.807) is 0 Å². The molecule has 0 aliphatic heterocycles. The third-order valence-electron chi connectivity index (χ3n) is 11.5. The lowest BCUT2D eigenvalue weighted by molar-refractivity contribution is 0.669. The first-order valence-electron chi connectivity index (χ1n) is 19.2. The van der Waals surface area contributed by atoms with Gasteiger partial charge in [-0.15, -0.1) is 5.54 Å². The second kappa shape index (κ2) is 13.0. The molecule has 264 valence electrons. The molecular weight excluding hydrogens is 709 g/mol. The SMILES string of the molecule is N#Cc1ccc2c(c1)c1ccccc1n2-c1c2ccccc2c(C#C[Si](c2ccccc2)(c2ccccc2)c2ccc3oc4ccccc4c3c2)c2ccccc12. The lowest BCUT2D eigenvalue weighted by atomic mass is 9.95. The summed E-state index contributed by atoms with van der Waals surface area (Å²) in [6, 6.07) is 71.0. The smallest absolute Gasteiger partial charge is 0.230 e. The number of furan rings is 1. The average molecular weight is 741 g/mol. The summed E-state index contributed by atoms with van der Waals surface area (Å²) in [6.45, 7) is 0. The highest BCUT2D eigenvalue weighted by atomic mass is 28.3. The van der Waals surface area contributed by atoms with Crippen LogP contribution in [-0.2, 0) is 0 Å². The first-order chi connectivity index (χ1) is 28.2. The summed E-state index contributed by atoms with van der Waals surface area (Å²) in [5, 5.41) is 22.3. The molecule has 3 nitrogen and oxygen atoms in total. The van der Waals surface area contributed by atoms with E-state index in [0.717, 1.165) is 76.5 Å². The van der Waals surface area contributed by atoms with Gasteiger partial charge in [-0.1, -0.05) is 158 Å². The van der Waals surface area contributed by atoms with Gasteiger partial charge in [0.2, 0.25) is 8.07 Å². The number of nitriles is 1. The highest BCUT2D eigenvalue weighted by Crippen LogP contribution is 2.40. The molecule has 0 N–H and O–H groups in total. The standard InChI is InChI=1S/C53H32N2OSi/c54-35-36-27-29-50-47(33-36)43-21-11-13-25-49(43)55(50)53-45-23-9-7-19-40(45)42(41-20-8-10-24-46(41)53)31-32-57(37-15-3-1-4-16-37,38-17-5-2-6-18-38)39-28-30-52-48(34-39)44-22-12-14-26-51(44)56-52/h1-30,33-34H. The van der Waals surface area contributed by atoms with Gasteiger partial charge in [0.1, 0.15) is 11.2 Å². The summed E-state index contributed by atoms with van der Waals surface area (Å²) in [7, 11) is -3.04. The maximum Gasteiger partial charge on any atom is 0.230 e. The van der Waals surface area contributed by atoms with E-state index >= 15 is 0 Å². The lowest BCUT2D eigenvalue weighted by Crippen LogP contribution is -2.66. The molecule has 0 fully saturated rings. The zero-order chi connectivity index (χ0) is 37.9. The van der Waals surface area contributed by atoms with Crippen LogP contribution in [0.5, 0.6) is 0 Å². The predicted molar refractivity (Wildman–Crippen MR) is 239 cm³/mol. The number of para-hydroxylation sites is 2. The first-order valence-corrected chi connectivity index (χ1v) is 21.2. The van der Waals surface area contributed by atoms with Crippen molar-refractivity contribution >= 4 is 88.9 Å². The van der Waals surface area contributed by atoms with Crippen LogP contribution in [0.3, 0.4) is 0 Å². The molecule has 9 aromatic carbocycles. The molecule has 0 atom stereocenters. The second-order valence-electron chi connectivity index (χ2n) is 14.6. The van der Waals surface area contributed by atoms with Crippen molar-refractivity contribution in [3.8, 4) is 23.2 Å². The van der Waals surface area contributed by atoms with Gasteiger partial charge >= 0.3 is 0 Å². The van der Waals surface area contributed by atoms with Crippen molar-refractivity contribution in [2.24, 2.45) is 0 Å². The molecule has 2 aromatic heterocycles. The van der Waals surface area contributed by atoms with Crippen LogP contribution in [0.2, 0.25) is 0 Å². The molecule has 57 heavy (non-hydrogen) atoms. The Morgan fingerprint density at radius 2 is 0.965 bits per heavy atom. The van der Waals surface area contributed by atoms with E-state index in [1.807, 2.05) is 24.3 Å². The molecule has 11 rings (SSSR count). The monoisotopic (exact) mass is 740 g/mol. The van der Waals surface area contributed by atoms with Crippen molar-refractivity contribution in [2.45, 2.75) is 0 Å². The maximum absolute atomic E-state index is 9.84. The van der Waals surface area contributed by atoms with Gasteiger partial charge in [0.15, 0.2) is 0 Å². The van der Waals surface area contributed by atoms with E-state index < -0.39 is 8.07 Å². The molecule has 0 amide bonds. The Labute approximate surface area is 330 Å². The zero-order valence-electron chi connectivity index (χ0n) is 30.8. The van der Waals surface area contributed by atoms with Crippen molar-refractivity contribution in [2.75, 3.05) is 0 Å². The molecule has 11 aromatic rings. The minimum absolute atomic E-state index is 0.648. The Kier molecular flexibility index (Phi) is 7.47. The average Bonchev–Trinajstić information content (AvgIpc) is 3.82. The van der Waals surface area contributed by atoms with Gasteiger partial charge in [0.25, 0.3) is 0 Å². The second-order valence-corrected chi connectivity index (χ2v) is 18.0. The summed E-state index contributed by atoms with van der Waals surface area (Å²) in [5.41, 5.74) is 10.8. The summed E-state index contributed by atoms with van der Waals surface area (Å²) < 4.78 is 8.71. The molecule has 0 saturated heterocycles. The Morgan fingerprint density at radius 1 is 0.421 bits per heavy atom. The topological polar surface area (TPSA) is 41.9 Å². The zero-order valence-corrected chi connectivity index (χ0v) is 31.8. The Hall–Kier alpha value is -7.63. The number of rotatable bonds is 4. The fourth-order valence-corrected chi connectivity index (χ4v) is 12.8. The van der Waals surface area contributed by atoms with Gasteiger partial charge in [-0.25, -0.2) is 0 Å². The van der Waals surface area contributed by atoms with Gasteiger partial charge in [0.05, 0.1) is 28.4 Å². The van der Waals surface area contributed by atoms with Gasteiger partial charge in [-0.05, 0) is 58.0 Å². The van der Waals surface area contributed by atoms with Crippen LogP contribution in [0.15, 0.2) is 199 Å². The quantitative estimate of drug-likeness (QED) is 0.0780.